The smallest absolute Gasteiger partial charge is 0.237 e. The Bertz CT molecular complexity index is 663. The molecule has 5 nitrogen and oxygen atoms in total. The molecule has 0 unspecified atom stereocenters. The summed E-state index contributed by atoms with van der Waals surface area (Å²) < 4.78 is 0. The van der Waals surface area contributed by atoms with Gasteiger partial charge in [0.25, 0.3) is 0 Å². The highest BCUT2D eigenvalue weighted by Crippen LogP contribution is 2.30. The van der Waals surface area contributed by atoms with Crippen molar-refractivity contribution in [3.8, 4) is 0 Å². The molecule has 3 rings (SSSR count). The van der Waals surface area contributed by atoms with Crippen molar-refractivity contribution in [2.75, 3.05) is 18.4 Å². The number of nitrogens with zero attached hydrogens (tertiary/aromatic N) is 3. The van der Waals surface area contributed by atoms with Crippen molar-refractivity contribution >= 4 is 33.7 Å². The molecular weight excluding hydrogens is 316 g/mol. The number of hydrogen-bond acceptors (Lipinski definition) is 6. The van der Waals surface area contributed by atoms with Crippen molar-refractivity contribution in [1.82, 2.24) is 14.9 Å². The third-order valence-corrected chi connectivity index (χ3v) is 5.70. The summed E-state index contributed by atoms with van der Waals surface area (Å²) in [7, 11) is 0. The average molecular weight is 336 g/mol. The van der Waals surface area contributed by atoms with Crippen molar-refractivity contribution in [2.45, 2.75) is 39.2 Å². The lowest BCUT2D eigenvalue weighted by atomic mass is 9.89. The molecule has 0 fully saturated rings. The topological polar surface area (TPSA) is 58.1 Å². The normalized spacial score (nSPS) is 15.6. The predicted molar refractivity (Wildman–Crippen MR) is 90.5 cm³/mol. The van der Waals surface area contributed by atoms with E-state index in [1.807, 2.05) is 19.2 Å². The first-order chi connectivity index (χ1) is 10.5. The van der Waals surface area contributed by atoms with Gasteiger partial charge in [0.2, 0.25) is 5.91 Å². The van der Waals surface area contributed by atoms with Gasteiger partial charge in [0.15, 0.2) is 5.13 Å². The van der Waals surface area contributed by atoms with Gasteiger partial charge in [-0.25, -0.2) is 9.97 Å². The summed E-state index contributed by atoms with van der Waals surface area (Å²) in [5, 5.41) is 5.60. The van der Waals surface area contributed by atoms with Gasteiger partial charge in [-0.15, -0.1) is 22.7 Å². The molecule has 0 saturated heterocycles. The van der Waals surface area contributed by atoms with Gasteiger partial charge in [-0.1, -0.05) is 6.92 Å². The number of thiazole rings is 2. The number of hydrogen-bond donors (Lipinski definition) is 1. The van der Waals surface area contributed by atoms with Gasteiger partial charge in [-0.3, -0.25) is 9.69 Å². The fourth-order valence-corrected chi connectivity index (χ4v) is 4.23. The number of carbonyl (C=O) groups excluding carboxylic acids is 1. The van der Waals surface area contributed by atoms with Crippen LogP contribution in [0, 0.1) is 0 Å². The third-order valence-electron chi connectivity index (χ3n) is 4.12. The zero-order valence-electron chi connectivity index (χ0n) is 13.0. The summed E-state index contributed by atoms with van der Waals surface area (Å²) in [6.45, 7) is 8.99. The maximum Gasteiger partial charge on any atom is 0.237 e. The molecular formula is C15H20N4OS2. The van der Waals surface area contributed by atoms with Crippen LogP contribution >= 0.6 is 22.7 Å². The number of fused-ring (bicyclic) bond motifs is 1. The highest BCUT2D eigenvalue weighted by atomic mass is 32.1. The second-order valence-corrected chi connectivity index (χ2v) is 7.76. The Balaban J connectivity index is 1.74. The number of aromatic nitrogens is 2. The van der Waals surface area contributed by atoms with E-state index in [1.165, 1.54) is 16.2 Å². The molecule has 1 aliphatic rings. The Labute approximate surface area is 138 Å². The van der Waals surface area contributed by atoms with E-state index in [1.54, 1.807) is 16.8 Å². The molecule has 0 spiro atoms. The molecule has 2 aromatic heterocycles. The predicted octanol–water partition coefficient (Wildman–Crippen LogP) is 2.89. The molecule has 2 aromatic rings. The number of rotatable bonds is 4. The highest BCUT2D eigenvalue weighted by molar-refractivity contribution is 7.15. The minimum Gasteiger partial charge on any atom is -0.301 e. The van der Waals surface area contributed by atoms with Gasteiger partial charge in [0.05, 0.1) is 22.3 Å². The monoisotopic (exact) mass is 336 g/mol. The summed E-state index contributed by atoms with van der Waals surface area (Å²) in [6.07, 6.45) is 0.963. The number of carbonyl (C=O) groups is 1. The quantitative estimate of drug-likeness (QED) is 0.933. The van der Waals surface area contributed by atoms with Gasteiger partial charge in [0, 0.05) is 29.8 Å². The molecule has 1 N–H and O–H groups in total. The highest BCUT2D eigenvalue weighted by Gasteiger charge is 2.32. The van der Waals surface area contributed by atoms with Crippen LogP contribution in [-0.4, -0.2) is 33.9 Å². The minimum atomic E-state index is -0.651. The Morgan fingerprint density at radius 2 is 2.32 bits per heavy atom. The molecule has 0 bridgehead atoms. The van der Waals surface area contributed by atoms with Gasteiger partial charge in [0.1, 0.15) is 0 Å². The fourth-order valence-electron chi connectivity index (χ4n) is 2.46. The Hall–Kier alpha value is -1.31. The molecule has 1 amide bonds. The zero-order chi connectivity index (χ0) is 15.7. The summed E-state index contributed by atoms with van der Waals surface area (Å²) in [5.74, 6) is -0.0585. The zero-order valence-corrected chi connectivity index (χ0v) is 14.7. The van der Waals surface area contributed by atoms with Gasteiger partial charge < -0.3 is 5.32 Å². The van der Waals surface area contributed by atoms with Crippen LogP contribution in [0.2, 0.25) is 0 Å². The van der Waals surface area contributed by atoms with Crippen molar-refractivity contribution < 1.29 is 4.79 Å². The molecule has 118 valence electrons. The van der Waals surface area contributed by atoms with Crippen LogP contribution in [0.1, 0.15) is 37.0 Å². The minimum absolute atomic E-state index is 0.0585. The summed E-state index contributed by atoms with van der Waals surface area (Å²) in [4.78, 5) is 25.1. The van der Waals surface area contributed by atoms with Crippen LogP contribution in [0.15, 0.2) is 10.9 Å². The Kier molecular flexibility index (Phi) is 4.29. The number of likely N-dealkylation sites (N-methyl/N-ethyl adjacent to an activating group) is 1. The first kappa shape index (κ1) is 15.6. The van der Waals surface area contributed by atoms with E-state index in [2.05, 4.69) is 27.1 Å². The Morgan fingerprint density at radius 3 is 3.00 bits per heavy atom. The van der Waals surface area contributed by atoms with Crippen LogP contribution in [0.4, 0.5) is 5.13 Å². The first-order valence-electron chi connectivity index (χ1n) is 7.41. The molecule has 22 heavy (non-hydrogen) atoms. The number of nitrogens with one attached hydrogen (secondary N) is 1. The van der Waals surface area contributed by atoms with E-state index >= 15 is 0 Å². The molecule has 0 saturated carbocycles. The fraction of sp³-hybridized carbons (Fsp3) is 0.533. The molecule has 0 aliphatic carbocycles. The Morgan fingerprint density at radius 1 is 1.50 bits per heavy atom. The summed E-state index contributed by atoms with van der Waals surface area (Å²) in [6, 6.07) is 0. The van der Waals surface area contributed by atoms with E-state index in [0.29, 0.717) is 5.13 Å². The summed E-state index contributed by atoms with van der Waals surface area (Å²) in [5.41, 5.74) is 3.04. The SMILES string of the molecule is CCN1CCc2nc(NC(=O)C(C)(C)c3cscn3)sc2C1. The van der Waals surface area contributed by atoms with Crippen LogP contribution in [0.5, 0.6) is 0 Å². The third kappa shape index (κ3) is 2.93. The van der Waals surface area contributed by atoms with Crippen molar-refractivity contribution in [3.05, 3.63) is 27.2 Å². The molecule has 0 radical (unpaired) electrons. The molecule has 1 aliphatic heterocycles. The van der Waals surface area contributed by atoms with Gasteiger partial charge in [-0.05, 0) is 20.4 Å². The molecule has 3 heterocycles. The van der Waals surface area contributed by atoms with Crippen LogP contribution in [0.25, 0.3) is 0 Å². The maximum atomic E-state index is 12.6. The second-order valence-electron chi connectivity index (χ2n) is 5.96. The average Bonchev–Trinajstić information content (AvgIpc) is 3.15. The number of amides is 1. The standard InChI is InChI=1S/C15H20N4OS2/c1-4-19-6-5-10-11(7-19)22-14(17-10)18-13(20)15(2,3)12-8-21-9-16-12/h8-9H,4-7H2,1-3H3,(H,17,18,20). The summed E-state index contributed by atoms with van der Waals surface area (Å²) >= 11 is 3.10. The lowest BCUT2D eigenvalue weighted by Crippen LogP contribution is -2.35. The number of anilines is 1. The van der Waals surface area contributed by atoms with E-state index in [0.717, 1.165) is 37.4 Å². The second kappa shape index (κ2) is 6.06. The first-order valence-corrected chi connectivity index (χ1v) is 9.17. The van der Waals surface area contributed by atoms with Crippen LogP contribution < -0.4 is 5.32 Å². The van der Waals surface area contributed by atoms with Gasteiger partial charge >= 0.3 is 0 Å². The lowest BCUT2D eigenvalue weighted by molar-refractivity contribution is -0.120. The largest absolute Gasteiger partial charge is 0.301 e. The lowest BCUT2D eigenvalue weighted by Gasteiger charge is -2.23. The molecule has 0 atom stereocenters. The van der Waals surface area contributed by atoms with Crippen LogP contribution in [-0.2, 0) is 23.2 Å². The van der Waals surface area contributed by atoms with Crippen molar-refractivity contribution in [3.63, 3.8) is 0 Å². The molecule has 0 aromatic carbocycles. The van der Waals surface area contributed by atoms with E-state index in [4.69, 9.17) is 0 Å². The van der Waals surface area contributed by atoms with E-state index in [-0.39, 0.29) is 5.91 Å². The van der Waals surface area contributed by atoms with Gasteiger partial charge in [-0.2, -0.15) is 0 Å². The van der Waals surface area contributed by atoms with Crippen molar-refractivity contribution in [1.29, 1.82) is 0 Å². The van der Waals surface area contributed by atoms with E-state index in [9.17, 15) is 4.79 Å². The van der Waals surface area contributed by atoms with Crippen molar-refractivity contribution in [2.24, 2.45) is 0 Å². The maximum absolute atomic E-state index is 12.6. The van der Waals surface area contributed by atoms with E-state index < -0.39 is 5.41 Å². The van der Waals surface area contributed by atoms with Crippen LogP contribution in [0.3, 0.4) is 0 Å². The molecule has 7 heteroatoms.